The molecule has 3 aromatic heterocycles. The number of hydrogen-bond acceptors (Lipinski definition) is 7. The van der Waals surface area contributed by atoms with Crippen LogP contribution >= 0.6 is 22.9 Å². The van der Waals surface area contributed by atoms with E-state index in [1.807, 2.05) is 23.1 Å². The van der Waals surface area contributed by atoms with Gasteiger partial charge in [0, 0.05) is 28.9 Å². The molecule has 1 fully saturated rings. The number of aryl methyl sites for hydroxylation is 1. The van der Waals surface area contributed by atoms with Crippen molar-refractivity contribution in [3.8, 4) is 0 Å². The Morgan fingerprint density at radius 3 is 3.00 bits per heavy atom. The lowest BCUT2D eigenvalue weighted by Gasteiger charge is -2.31. The number of carbonyl (C=O) groups is 1. The van der Waals surface area contributed by atoms with Crippen molar-refractivity contribution in [2.75, 3.05) is 29.9 Å². The van der Waals surface area contributed by atoms with Crippen molar-refractivity contribution in [1.29, 1.82) is 0 Å². The van der Waals surface area contributed by atoms with Gasteiger partial charge in [0.2, 0.25) is 5.91 Å². The number of thiophene rings is 1. The van der Waals surface area contributed by atoms with Crippen LogP contribution in [0.2, 0.25) is 5.02 Å². The van der Waals surface area contributed by atoms with Crippen LogP contribution in [-0.4, -0.2) is 40.5 Å². The van der Waals surface area contributed by atoms with Crippen molar-refractivity contribution >= 4 is 61.6 Å². The SMILES string of the molecule is Cc1cc2c(NC(C)c3cc4cccc(Cl)c4nc3N3CCNC(=O)C3)ncnc2s1. The summed E-state index contributed by atoms with van der Waals surface area (Å²) in [4.78, 5) is 30.0. The van der Waals surface area contributed by atoms with Crippen LogP contribution in [0.1, 0.15) is 23.4 Å². The standard InChI is InChI=1S/C22H21ClN6OS/c1-12-8-16-20(25-11-26-22(16)31-12)27-13(2)15-9-14-4-3-5-17(23)19(14)28-21(15)29-7-6-24-18(30)10-29/h3-5,8-9,11,13H,6-7,10H2,1-2H3,(H,24,30)(H,25,26,27). The number of rotatable bonds is 4. The molecule has 158 valence electrons. The molecule has 0 radical (unpaired) electrons. The fourth-order valence-electron chi connectivity index (χ4n) is 3.93. The van der Waals surface area contributed by atoms with E-state index in [4.69, 9.17) is 16.6 Å². The van der Waals surface area contributed by atoms with E-state index in [-0.39, 0.29) is 18.5 Å². The van der Waals surface area contributed by atoms with Crippen molar-refractivity contribution < 1.29 is 4.79 Å². The normalized spacial score (nSPS) is 15.3. The molecule has 1 saturated heterocycles. The summed E-state index contributed by atoms with van der Waals surface area (Å²) in [6.07, 6.45) is 1.58. The zero-order chi connectivity index (χ0) is 21.5. The quantitative estimate of drug-likeness (QED) is 0.480. The smallest absolute Gasteiger partial charge is 0.239 e. The largest absolute Gasteiger partial charge is 0.363 e. The summed E-state index contributed by atoms with van der Waals surface area (Å²) in [5.74, 6) is 1.54. The first-order valence-corrected chi connectivity index (χ1v) is 11.3. The minimum atomic E-state index is -0.103. The van der Waals surface area contributed by atoms with Crippen LogP contribution in [0.25, 0.3) is 21.1 Å². The number of pyridine rings is 1. The van der Waals surface area contributed by atoms with Crippen molar-refractivity contribution in [2.24, 2.45) is 0 Å². The number of piperazine rings is 1. The van der Waals surface area contributed by atoms with E-state index in [1.165, 1.54) is 4.88 Å². The number of amides is 1. The second-order valence-corrected chi connectivity index (χ2v) is 9.29. The molecular formula is C22H21ClN6OS. The van der Waals surface area contributed by atoms with Gasteiger partial charge in [-0.15, -0.1) is 11.3 Å². The zero-order valence-electron chi connectivity index (χ0n) is 17.1. The number of benzene rings is 1. The number of carbonyl (C=O) groups excluding carboxylic acids is 1. The number of fused-ring (bicyclic) bond motifs is 2. The number of anilines is 2. The molecule has 4 aromatic rings. The lowest BCUT2D eigenvalue weighted by Crippen LogP contribution is -2.48. The molecular weight excluding hydrogens is 432 g/mol. The molecule has 1 unspecified atom stereocenters. The number of para-hydroxylation sites is 1. The molecule has 0 bridgehead atoms. The summed E-state index contributed by atoms with van der Waals surface area (Å²) in [7, 11) is 0. The molecule has 1 aromatic carbocycles. The highest BCUT2D eigenvalue weighted by atomic mass is 35.5. The van der Waals surface area contributed by atoms with Gasteiger partial charge in [-0.1, -0.05) is 23.7 Å². The van der Waals surface area contributed by atoms with Crippen LogP contribution in [-0.2, 0) is 4.79 Å². The lowest BCUT2D eigenvalue weighted by molar-refractivity contribution is -0.120. The molecule has 4 heterocycles. The highest BCUT2D eigenvalue weighted by Gasteiger charge is 2.24. The van der Waals surface area contributed by atoms with Gasteiger partial charge in [0.05, 0.1) is 28.5 Å². The van der Waals surface area contributed by atoms with E-state index in [9.17, 15) is 4.79 Å². The Balaban J connectivity index is 1.59. The second-order valence-electron chi connectivity index (χ2n) is 7.65. The molecule has 1 aliphatic rings. The monoisotopic (exact) mass is 452 g/mol. The first-order valence-electron chi connectivity index (χ1n) is 10.1. The van der Waals surface area contributed by atoms with Crippen molar-refractivity contribution in [2.45, 2.75) is 19.9 Å². The number of nitrogens with zero attached hydrogens (tertiary/aromatic N) is 4. The Morgan fingerprint density at radius 2 is 2.16 bits per heavy atom. The van der Waals surface area contributed by atoms with E-state index in [2.05, 4.69) is 46.6 Å². The van der Waals surface area contributed by atoms with Crippen molar-refractivity contribution in [3.63, 3.8) is 0 Å². The highest BCUT2D eigenvalue weighted by molar-refractivity contribution is 7.18. The molecule has 0 saturated carbocycles. The Hall–Kier alpha value is -2.97. The molecule has 0 aliphatic carbocycles. The number of hydrogen-bond donors (Lipinski definition) is 2. The van der Waals surface area contributed by atoms with Gasteiger partial charge in [-0.2, -0.15) is 0 Å². The van der Waals surface area contributed by atoms with Crippen LogP contribution in [0.15, 0.2) is 36.7 Å². The van der Waals surface area contributed by atoms with Gasteiger partial charge in [-0.25, -0.2) is 15.0 Å². The van der Waals surface area contributed by atoms with Gasteiger partial charge in [-0.3, -0.25) is 4.79 Å². The maximum Gasteiger partial charge on any atom is 0.239 e. The van der Waals surface area contributed by atoms with E-state index in [0.717, 1.165) is 38.3 Å². The maximum atomic E-state index is 12.1. The molecule has 5 rings (SSSR count). The van der Waals surface area contributed by atoms with E-state index < -0.39 is 0 Å². The maximum absolute atomic E-state index is 12.1. The van der Waals surface area contributed by atoms with E-state index in [1.54, 1.807) is 17.7 Å². The van der Waals surface area contributed by atoms with E-state index >= 15 is 0 Å². The summed E-state index contributed by atoms with van der Waals surface area (Å²) in [5, 5.41) is 8.98. The summed E-state index contributed by atoms with van der Waals surface area (Å²) >= 11 is 8.08. The van der Waals surface area contributed by atoms with Gasteiger partial charge in [0.25, 0.3) is 0 Å². The molecule has 1 aliphatic heterocycles. The van der Waals surface area contributed by atoms with Crippen LogP contribution in [0, 0.1) is 6.92 Å². The van der Waals surface area contributed by atoms with Gasteiger partial charge in [0.1, 0.15) is 22.8 Å². The molecule has 31 heavy (non-hydrogen) atoms. The molecule has 9 heteroatoms. The summed E-state index contributed by atoms with van der Waals surface area (Å²) in [6, 6.07) is 9.86. The van der Waals surface area contributed by atoms with Crippen LogP contribution in [0.4, 0.5) is 11.6 Å². The van der Waals surface area contributed by atoms with Crippen molar-refractivity contribution in [3.05, 3.63) is 52.1 Å². The Kier molecular flexibility index (Phi) is 5.11. The fourth-order valence-corrected chi connectivity index (χ4v) is 5.01. The van der Waals surface area contributed by atoms with Gasteiger partial charge < -0.3 is 15.5 Å². The lowest BCUT2D eigenvalue weighted by atomic mass is 10.0. The second kappa shape index (κ2) is 7.94. The van der Waals surface area contributed by atoms with Crippen molar-refractivity contribution in [1.82, 2.24) is 20.3 Å². The topological polar surface area (TPSA) is 83.0 Å². The first kappa shape index (κ1) is 20.0. The fraction of sp³-hybridized carbons (Fsp3) is 0.273. The minimum absolute atomic E-state index is 0.00914. The van der Waals surface area contributed by atoms with Gasteiger partial charge >= 0.3 is 0 Å². The number of nitrogens with one attached hydrogen (secondary N) is 2. The third-order valence-electron chi connectivity index (χ3n) is 5.42. The average molecular weight is 453 g/mol. The third-order valence-corrected chi connectivity index (χ3v) is 6.68. The predicted octanol–water partition coefficient (Wildman–Crippen LogP) is 4.31. The Bertz CT molecular complexity index is 1310. The predicted molar refractivity (Wildman–Crippen MR) is 126 cm³/mol. The minimum Gasteiger partial charge on any atom is -0.363 e. The molecule has 7 nitrogen and oxygen atoms in total. The van der Waals surface area contributed by atoms with Crippen LogP contribution < -0.4 is 15.5 Å². The van der Waals surface area contributed by atoms with Gasteiger partial charge in [0.15, 0.2) is 0 Å². The van der Waals surface area contributed by atoms with Crippen LogP contribution in [0.3, 0.4) is 0 Å². The molecule has 0 spiro atoms. The average Bonchev–Trinajstić information content (AvgIpc) is 3.14. The summed E-state index contributed by atoms with van der Waals surface area (Å²) in [5.41, 5.74) is 1.72. The summed E-state index contributed by atoms with van der Waals surface area (Å²) < 4.78 is 0. The first-order chi connectivity index (χ1) is 15.0. The van der Waals surface area contributed by atoms with E-state index in [0.29, 0.717) is 18.1 Å². The number of aromatic nitrogens is 3. The molecule has 1 amide bonds. The van der Waals surface area contributed by atoms with Crippen LogP contribution in [0.5, 0.6) is 0 Å². The third kappa shape index (κ3) is 3.77. The van der Waals surface area contributed by atoms with Gasteiger partial charge in [-0.05, 0) is 32.0 Å². The zero-order valence-corrected chi connectivity index (χ0v) is 18.7. The number of halogens is 1. The Labute approximate surface area is 188 Å². The Morgan fingerprint density at radius 1 is 1.29 bits per heavy atom. The summed E-state index contributed by atoms with van der Waals surface area (Å²) in [6.45, 7) is 5.69. The highest BCUT2D eigenvalue weighted by Crippen LogP contribution is 2.35. The molecule has 2 N–H and O–H groups in total. The molecule has 1 atom stereocenters.